The van der Waals surface area contributed by atoms with Crippen molar-refractivity contribution in [3.8, 4) is 12.3 Å². The van der Waals surface area contributed by atoms with Crippen LogP contribution >= 0.6 is 11.8 Å². The van der Waals surface area contributed by atoms with Gasteiger partial charge in [0.2, 0.25) is 11.0 Å². The van der Waals surface area contributed by atoms with Crippen molar-refractivity contribution >= 4 is 34.7 Å². The molecule has 2 aliphatic rings. The molecule has 162 valence electrons. The monoisotopic (exact) mass is 448 g/mol. The number of carbonyl (C=O) groups is 1. The number of amides is 1. The molecule has 3 aromatic rings. The smallest absolute Gasteiger partial charge is 0.269 e. The van der Waals surface area contributed by atoms with Gasteiger partial charge in [-0.05, 0) is 30.7 Å². The summed E-state index contributed by atoms with van der Waals surface area (Å²) in [6, 6.07) is 7.75. The number of ether oxygens (including phenoxy) is 2. The van der Waals surface area contributed by atoms with E-state index in [9.17, 15) is 4.79 Å². The van der Waals surface area contributed by atoms with E-state index in [4.69, 9.17) is 21.6 Å². The fourth-order valence-electron chi connectivity index (χ4n) is 3.34. The van der Waals surface area contributed by atoms with Gasteiger partial charge in [0.25, 0.3) is 6.29 Å². The summed E-state index contributed by atoms with van der Waals surface area (Å²) in [5, 5.41) is 4.08. The Balaban J connectivity index is 1.36. The number of anilines is 1. The molecule has 1 amide bonds. The van der Waals surface area contributed by atoms with Gasteiger partial charge in [0.15, 0.2) is 22.1 Å². The summed E-state index contributed by atoms with van der Waals surface area (Å²) < 4.78 is 13.5. The number of fused-ring (bicyclic) bond motifs is 1. The standard InChI is InChI=1S/C22H20N6O3S/c1-2-13-5-3-4-6-15(13)21-30-11-17(31-21)32-22-27-18-19(23)24-12-25-20(18)28(22)10-9-16(29)26-14-7-8-14/h1,3-6,11-12,14,21H,7-10H2,(H,26,29)(H2,23,24,25). The van der Waals surface area contributed by atoms with Crippen LogP contribution in [-0.4, -0.2) is 31.5 Å². The number of terminal acetylenes is 1. The molecule has 10 heteroatoms. The minimum Gasteiger partial charge on any atom is -0.454 e. The zero-order valence-electron chi connectivity index (χ0n) is 17.0. The first-order valence-corrected chi connectivity index (χ1v) is 11.0. The number of nitrogens with zero attached hydrogens (tertiary/aromatic N) is 4. The Kier molecular flexibility index (Phi) is 5.33. The van der Waals surface area contributed by atoms with Gasteiger partial charge in [-0.1, -0.05) is 24.1 Å². The Hall–Kier alpha value is -3.71. The average molecular weight is 449 g/mol. The second kappa shape index (κ2) is 8.43. The summed E-state index contributed by atoms with van der Waals surface area (Å²) in [5.41, 5.74) is 8.51. The number of aryl methyl sites for hydroxylation is 1. The number of thioether (sulfide) groups is 1. The molecule has 0 radical (unpaired) electrons. The third-order valence-electron chi connectivity index (χ3n) is 5.10. The van der Waals surface area contributed by atoms with Gasteiger partial charge in [0.1, 0.15) is 12.6 Å². The van der Waals surface area contributed by atoms with E-state index in [1.54, 1.807) is 0 Å². The summed E-state index contributed by atoms with van der Waals surface area (Å²) in [5.74, 6) is 2.91. The number of carbonyl (C=O) groups excluding carboxylic acids is 1. The zero-order chi connectivity index (χ0) is 22.1. The summed E-state index contributed by atoms with van der Waals surface area (Å²) in [6.45, 7) is 0.394. The number of hydrogen-bond acceptors (Lipinski definition) is 8. The molecule has 1 atom stereocenters. The van der Waals surface area contributed by atoms with Crippen LogP contribution in [0.2, 0.25) is 0 Å². The van der Waals surface area contributed by atoms with Crippen LogP contribution < -0.4 is 11.1 Å². The lowest BCUT2D eigenvalue weighted by molar-refractivity contribution is -0.121. The van der Waals surface area contributed by atoms with E-state index in [1.807, 2.05) is 28.8 Å². The second-order valence-corrected chi connectivity index (χ2v) is 8.40. The highest BCUT2D eigenvalue weighted by Crippen LogP contribution is 2.39. The minimum absolute atomic E-state index is 0.00190. The van der Waals surface area contributed by atoms with E-state index in [0.29, 0.717) is 46.0 Å². The van der Waals surface area contributed by atoms with Crippen molar-refractivity contribution in [2.24, 2.45) is 0 Å². The van der Waals surface area contributed by atoms with Gasteiger partial charge in [0, 0.05) is 30.1 Å². The number of rotatable bonds is 7. The Bertz CT molecular complexity index is 1260. The molecule has 1 aliphatic heterocycles. The van der Waals surface area contributed by atoms with Crippen LogP contribution in [-0.2, 0) is 20.8 Å². The van der Waals surface area contributed by atoms with Crippen LogP contribution in [0.15, 0.2) is 47.1 Å². The highest BCUT2D eigenvalue weighted by Gasteiger charge is 2.27. The third-order valence-corrected chi connectivity index (χ3v) is 5.99. The van der Waals surface area contributed by atoms with E-state index in [-0.39, 0.29) is 11.7 Å². The summed E-state index contributed by atoms with van der Waals surface area (Å²) in [6.07, 6.45) is 10.2. The lowest BCUT2D eigenvalue weighted by Crippen LogP contribution is -2.26. The van der Waals surface area contributed by atoms with Crippen molar-refractivity contribution in [3.05, 3.63) is 53.1 Å². The highest BCUT2D eigenvalue weighted by atomic mass is 32.2. The predicted octanol–water partition coefficient (Wildman–Crippen LogP) is 2.70. The molecule has 32 heavy (non-hydrogen) atoms. The molecular formula is C22H20N6O3S. The van der Waals surface area contributed by atoms with Crippen LogP contribution in [0.25, 0.3) is 11.2 Å². The first-order valence-electron chi connectivity index (χ1n) is 10.1. The SMILES string of the molecule is C#Cc1ccccc1C1OC=C(Sc2nc3c(N)ncnc3n2CCC(=O)NC2CC2)O1. The molecule has 1 unspecified atom stereocenters. The lowest BCUT2D eigenvalue weighted by atomic mass is 10.1. The van der Waals surface area contributed by atoms with E-state index in [2.05, 4.69) is 26.2 Å². The van der Waals surface area contributed by atoms with Crippen molar-refractivity contribution in [2.45, 2.75) is 43.3 Å². The summed E-state index contributed by atoms with van der Waals surface area (Å²) in [4.78, 5) is 25.2. The quantitative estimate of drug-likeness (QED) is 0.530. The van der Waals surface area contributed by atoms with Gasteiger partial charge in [0.05, 0.1) is 0 Å². The van der Waals surface area contributed by atoms with E-state index >= 15 is 0 Å². The average Bonchev–Trinajstić information content (AvgIpc) is 3.36. The van der Waals surface area contributed by atoms with Crippen LogP contribution in [0.4, 0.5) is 5.82 Å². The Labute approximate surface area is 188 Å². The van der Waals surface area contributed by atoms with Crippen molar-refractivity contribution in [2.75, 3.05) is 5.73 Å². The summed E-state index contributed by atoms with van der Waals surface area (Å²) in [7, 11) is 0. The van der Waals surface area contributed by atoms with Gasteiger partial charge in [-0.25, -0.2) is 15.0 Å². The molecule has 0 bridgehead atoms. The molecule has 0 spiro atoms. The first kappa shape index (κ1) is 20.2. The van der Waals surface area contributed by atoms with Crippen LogP contribution in [0.3, 0.4) is 0 Å². The van der Waals surface area contributed by atoms with Crippen molar-refractivity contribution in [1.82, 2.24) is 24.8 Å². The fraction of sp³-hybridized carbons (Fsp3) is 0.273. The molecule has 1 fully saturated rings. The van der Waals surface area contributed by atoms with Crippen LogP contribution in [0.1, 0.15) is 36.7 Å². The number of hydrogen-bond donors (Lipinski definition) is 2. The number of imidazole rings is 1. The maximum absolute atomic E-state index is 12.2. The van der Waals surface area contributed by atoms with Crippen LogP contribution in [0.5, 0.6) is 0 Å². The van der Waals surface area contributed by atoms with E-state index in [0.717, 1.165) is 18.4 Å². The molecule has 0 saturated heterocycles. The molecule has 9 nitrogen and oxygen atoms in total. The van der Waals surface area contributed by atoms with Gasteiger partial charge < -0.3 is 25.1 Å². The number of aromatic nitrogens is 4. The van der Waals surface area contributed by atoms with Crippen molar-refractivity contribution < 1.29 is 14.3 Å². The largest absolute Gasteiger partial charge is 0.454 e. The first-order chi connectivity index (χ1) is 15.6. The number of nitrogen functional groups attached to an aromatic ring is 1. The fourth-order valence-corrected chi connectivity index (χ4v) is 4.19. The Morgan fingerprint density at radius 3 is 3.00 bits per heavy atom. The third kappa shape index (κ3) is 4.07. The van der Waals surface area contributed by atoms with Gasteiger partial charge >= 0.3 is 0 Å². The summed E-state index contributed by atoms with van der Waals surface area (Å²) >= 11 is 1.26. The number of nitrogens with two attached hydrogens (primary N) is 1. The minimum atomic E-state index is -0.642. The maximum atomic E-state index is 12.2. The molecule has 1 saturated carbocycles. The van der Waals surface area contributed by atoms with Crippen LogP contribution in [0, 0.1) is 12.3 Å². The van der Waals surface area contributed by atoms with Gasteiger partial charge in [-0.2, -0.15) is 0 Å². The highest BCUT2D eigenvalue weighted by molar-refractivity contribution is 8.02. The zero-order valence-corrected chi connectivity index (χ0v) is 17.8. The Morgan fingerprint density at radius 1 is 1.34 bits per heavy atom. The van der Waals surface area contributed by atoms with Crippen molar-refractivity contribution in [3.63, 3.8) is 0 Å². The lowest BCUT2D eigenvalue weighted by Gasteiger charge is -2.13. The number of nitrogens with one attached hydrogen (secondary N) is 1. The molecule has 1 aliphatic carbocycles. The second-order valence-electron chi connectivity index (χ2n) is 7.43. The molecule has 5 rings (SSSR count). The molecule has 3 N–H and O–H groups in total. The molecular weight excluding hydrogens is 428 g/mol. The maximum Gasteiger partial charge on any atom is 0.269 e. The normalized spacial score (nSPS) is 17.3. The molecule has 3 heterocycles. The van der Waals surface area contributed by atoms with E-state index in [1.165, 1.54) is 24.4 Å². The predicted molar refractivity (Wildman–Crippen MR) is 119 cm³/mol. The Morgan fingerprint density at radius 2 is 2.19 bits per heavy atom. The van der Waals surface area contributed by atoms with Crippen molar-refractivity contribution in [1.29, 1.82) is 0 Å². The van der Waals surface area contributed by atoms with Gasteiger partial charge in [-0.3, -0.25) is 4.79 Å². The molecule has 1 aromatic carbocycles. The van der Waals surface area contributed by atoms with Gasteiger partial charge in [-0.15, -0.1) is 6.42 Å². The topological polar surface area (TPSA) is 117 Å². The molecule has 2 aromatic heterocycles. The number of benzene rings is 1. The van der Waals surface area contributed by atoms with E-state index < -0.39 is 6.29 Å².